The van der Waals surface area contributed by atoms with Gasteiger partial charge >= 0.3 is 15.6 Å². The number of aromatic nitrogens is 4. The van der Waals surface area contributed by atoms with Gasteiger partial charge in [-0.3, -0.25) is 13.6 Å². The summed E-state index contributed by atoms with van der Waals surface area (Å²) in [6, 6.07) is 0. The number of aliphatic hydroxyl groups is 7. The predicted molar refractivity (Wildman–Crippen MR) is 130 cm³/mol. The van der Waals surface area contributed by atoms with Crippen LogP contribution >= 0.6 is 15.6 Å². The van der Waals surface area contributed by atoms with Gasteiger partial charge in [-0.1, -0.05) is 0 Å². The molecule has 1 aliphatic heterocycles. The Bertz CT molecular complexity index is 1250. The SMILES string of the molecule is C[C@H](O)C(OC(OP(=O)(O)OP(=O)(O)OCC1OC(n2cnc3c(N)ncnc32)C(O)C1O)[C@H](O)CO)[C@H](O)CO. The highest BCUT2D eigenvalue weighted by Gasteiger charge is 2.47. The van der Waals surface area contributed by atoms with Gasteiger partial charge in [0, 0.05) is 0 Å². The molecule has 41 heavy (non-hydrogen) atoms. The number of hydrogen-bond donors (Lipinski definition) is 10. The van der Waals surface area contributed by atoms with Gasteiger partial charge in [-0.25, -0.2) is 24.1 Å². The van der Waals surface area contributed by atoms with E-state index in [1.54, 1.807) is 0 Å². The lowest BCUT2D eigenvalue weighted by Crippen LogP contribution is -2.46. The van der Waals surface area contributed by atoms with E-state index in [0.29, 0.717) is 0 Å². The summed E-state index contributed by atoms with van der Waals surface area (Å²) in [5.74, 6) is 0.0285. The van der Waals surface area contributed by atoms with Crippen LogP contribution in [0.4, 0.5) is 5.82 Å². The van der Waals surface area contributed by atoms with Gasteiger partial charge in [-0.15, -0.1) is 0 Å². The maximum Gasteiger partial charge on any atom is 0.483 e. The van der Waals surface area contributed by atoms with E-state index < -0.39 is 90.7 Å². The van der Waals surface area contributed by atoms with Crippen molar-refractivity contribution < 1.29 is 77.5 Å². The molecule has 2 aromatic heterocycles. The third-order valence-electron chi connectivity index (χ3n) is 5.68. The second-order valence-corrected chi connectivity index (χ2v) is 11.8. The van der Waals surface area contributed by atoms with Crippen molar-refractivity contribution in [1.82, 2.24) is 19.5 Å². The van der Waals surface area contributed by atoms with Crippen LogP contribution in [0.2, 0.25) is 0 Å². The van der Waals surface area contributed by atoms with Gasteiger partial charge in [0.15, 0.2) is 24.0 Å². The Balaban J connectivity index is 1.66. The molecule has 0 aliphatic carbocycles. The van der Waals surface area contributed by atoms with E-state index in [-0.39, 0.29) is 17.0 Å². The van der Waals surface area contributed by atoms with Crippen LogP contribution in [0.25, 0.3) is 11.2 Å². The van der Waals surface area contributed by atoms with Crippen molar-refractivity contribution in [1.29, 1.82) is 0 Å². The molecule has 0 aromatic carbocycles. The Morgan fingerprint density at radius 2 is 1.71 bits per heavy atom. The van der Waals surface area contributed by atoms with E-state index in [1.165, 1.54) is 10.9 Å². The van der Waals surface area contributed by atoms with Crippen molar-refractivity contribution >= 4 is 32.6 Å². The van der Waals surface area contributed by atoms with Crippen LogP contribution in [0.5, 0.6) is 0 Å². The maximum absolute atomic E-state index is 12.4. The molecule has 3 heterocycles. The zero-order valence-corrected chi connectivity index (χ0v) is 22.9. The molecule has 0 saturated carbocycles. The first-order valence-corrected chi connectivity index (χ1v) is 14.7. The Hall–Kier alpha value is -1.75. The third kappa shape index (κ3) is 8.21. The molecule has 3 rings (SSSR count). The number of fused-ring (bicyclic) bond motifs is 1. The molecule has 2 aromatic rings. The first-order chi connectivity index (χ1) is 19.1. The van der Waals surface area contributed by atoms with Gasteiger partial charge in [0.1, 0.15) is 48.5 Å². The summed E-state index contributed by atoms with van der Waals surface area (Å²) in [4.78, 5) is 31.7. The Morgan fingerprint density at radius 3 is 2.32 bits per heavy atom. The molecule has 0 bridgehead atoms. The fraction of sp³-hybridized carbons (Fsp3) is 0.722. The molecule has 21 nitrogen and oxygen atoms in total. The van der Waals surface area contributed by atoms with Crippen LogP contribution in [0.3, 0.4) is 0 Å². The zero-order chi connectivity index (χ0) is 30.7. The van der Waals surface area contributed by atoms with Crippen molar-refractivity contribution in [3.8, 4) is 0 Å². The second kappa shape index (κ2) is 13.7. The van der Waals surface area contributed by atoms with E-state index in [1.807, 2.05) is 0 Å². The van der Waals surface area contributed by atoms with Crippen LogP contribution in [0, 0.1) is 0 Å². The highest BCUT2D eigenvalue weighted by molar-refractivity contribution is 7.61. The Kier molecular flexibility index (Phi) is 11.3. The van der Waals surface area contributed by atoms with Gasteiger partial charge in [0.05, 0.1) is 32.3 Å². The summed E-state index contributed by atoms with van der Waals surface area (Å²) in [7, 11) is -11.2. The molecule has 1 aliphatic rings. The molecule has 1 saturated heterocycles. The number of imidazole rings is 1. The minimum absolute atomic E-state index is 0.0285. The van der Waals surface area contributed by atoms with Crippen molar-refractivity contribution in [2.24, 2.45) is 0 Å². The van der Waals surface area contributed by atoms with E-state index in [4.69, 9.17) is 20.3 Å². The first-order valence-electron chi connectivity index (χ1n) is 11.7. The summed E-state index contributed by atoms with van der Waals surface area (Å²) >= 11 is 0. The van der Waals surface area contributed by atoms with E-state index in [2.05, 4.69) is 28.3 Å². The van der Waals surface area contributed by atoms with Crippen LogP contribution in [0.1, 0.15) is 13.2 Å². The number of phosphoric acid groups is 2. The number of nitrogens with zero attached hydrogens (tertiary/aromatic N) is 4. The summed E-state index contributed by atoms with van der Waals surface area (Å²) < 4.78 is 49.8. The Morgan fingerprint density at radius 1 is 1.05 bits per heavy atom. The molecule has 8 unspecified atom stereocenters. The topological polar surface area (TPSA) is 332 Å². The standard InChI is InChI=1S/C18H31N5O16P2/c1-7(26)14(8(27)2-24)37-18(9(28)3-25)38-41(33,34)39-40(31,32)35-4-10-12(29)13(30)17(36-10)23-6-22-11-15(19)20-5-21-16(11)23/h5-10,12-14,17-18,24-30H,2-4H2,1H3,(H,31,32)(H,33,34)(H2,19,20,21)/t7-,8+,9+,10?,12?,13?,14?,17?,18?/m0/s1. The molecular weight excluding hydrogens is 604 g/mol. The number of ether oxygens (including phenoxy) is 2. The Labute approximate surface area is 230 Å². The molecule has 23 heteroatoms. The van der Waals surface area contributed by atoms with Gasteiger partial charge in [-0.2, -0.15) is 4.31 Å². The van der Waals surface area contributed by atoms with Gasteiger partial charge in [-0.05, 0) is 6.92 Å². The van der Waals surface area contributed by atoms with Gasteiger partial charge in [0.2, 0.25) is 0 Å². The average Bonchev–Trinajstić information content (AvgIpc) is 3.45. The molecular formula is C18H31N5O16P2. The molecule has 11 atom stereocenters. The fourth-order valence-electron chi connectivity index (χ4n) is 3.68. The zero-order valence-electron chi connectivity index (χ0n) is 21.1. The minimum Gasteiger partial charge on any atom is -0.394 e. The minimum atomic E-state index is -5.69. The summed E-state index contributed by atoms with van der Waals surface area (Å²) in [6.45, 7) is -1.98. The molecule has 11 N–H and O–H groups in total. The van der Waals surface area contributed by atoms with Crippen molar-refractivity contribution in [2.45, 2.75) is 62.2 Å². The smallest absolute Gasteiger partial charge is 0.394 e. The van der Waals surface area contributed by atoms with Crippen molar-refractivity contribution in [3.63, 3.8) is 0 Å². The molecule has 0 radical (unpaired) electrons. The first kappa shape index (κ1) is 33.7. The quantitative estimate of drug-likeness (QED) is 0.0659. The number of nitrogens with two attached hydrogens (primary N) is 1. The largest absolute Gasteiger partial charge is 0.483 e. The maximum atomic E-state index is 12.4. The second-order valence-electron chi connectivity index (χ2n) is 8.76. The van der Waals surface area contributed by atoms with Crippen LogP contribution in [0.15, 0.2) is 12.7 Å². The van der Waals surface area contributed by atoms with Crippen LogP contribution in [-0.4, -0.2) is 134 Å². The number of rotatable bonds is 15. The van der Waals surface area contributed by atoms with Gasteiger partial charge in [0.25, 0.3) is 0 Å². The van der Waals surface area contributed by atoms with E-state index in [9.17, 15) is 49.6 Å². The van der Waals surface area contributed by atoms with Gasteiger partial charge < -0.3 is 60.7 Å². The molecule has 0 amide bonds. The fourth-order valence-corrected chi connectivity index (χ4v) is 5.86. The average molecular weight is 635 g/mol. The molecule has 234 valence electrons. The number of phosphoric ester groups is 2. The summed E-state index contributed by atoms with van der Waals surface area (Å²) in [5.41, 5.74) is 6.03. The lowest BCUT2D eigenvalue weighted by Gasteiger charge is -2.31. The highest BCUT2D eigenvalue weighted by Crippen LogP contribution is 2.61. The van der Waals surface area contributed by atoms with E-state index in [0.717, 1.165) is 13.3 Å². The number of hydrogen-bond acceptors (Lipinski definition) is 18. The van der Waals surface area contributed by atoms with E-state index >= 15 is 0 Å². The van der Waals surface area contributed by atoms with Crippen molar-refractivity contribution in [2.75, 3.05) is 25.6 Å². The van der Waals surface area contributed by atoms with Crippen LogP contribution in [-0.2, 0) is 32.0 Å². The van der Waals surface area contributed by atoms with Crippen LogP contribution < -0.4 is 5.73 Å². The number of aliphatic hydroxyl groups excluding tert-OH is 7. The third-order valence-corrected chi connectivity index (χ3v) is 8.28. The predicted octanol–water partition coefficient (Wildman–Crippen LogP) is -3.92. The monoisotopic (exact) mass is 635 g/mol. The lowest BCUT2D eigenvalue weighted by molar-refractivity contribution is -0.226. The number of nitrogen functional groups attached to an aromatic ring is 1. The summed E-state index contributed by atoms with van der Waals surface area (Å²) in [5, 5.41) is 68.5. The number of anilines is 1. The molecule has 0 spiro atoms. The van der Waals surface area contributed by atoms with Crippen molar-refractivity contribution in [3.05, 3.63) is 12.7 Å². The molecule has 1 fully saturated rings. The lowest BCUT2D eigenvalue weighted by atomic mass is 10.1. The normalized spacial score (nSPS) is 28.0. The highest BCUT2D eigenvalue weighted by atomic mass is 31.3. The summed E-state index contributed by atoms with van der Waals surface area (Å²) in [6.07, 6.45) is -13.3.